The maximum Gasteiger partial charge on any atom is 0.238 e. The van der Waals surface area contributed by atoms with Crippen molar-refractivity contribution in [3.05, 3.63) is 0 Å². The minimum absolute atomic E-state index is 0.127. The molecule has 0 bridgehead atoms. The quantitative estimate of drug-likeness (QED) is 0.739. The maximum absolute atomic E-state index is 12.3. The minimum atomic E-state index is -3.29. The fraction of sp³-hybridized carbons (Fsp3) is 0.929. The van der Waals surface area contributed by atoms with Crippen molar-refractivity contribution in [2.45, 2.75) is 45.1 Å². The molecule has 0 aromatic heterocycles. The van der Waals surface area contributed by atoms with Gasteiger partial charge in [0.2, 0.25) is 15.9 Å². The molecule has 2 unspecified atom stereocenters. The highest BCUT2D eigenvalue weighted by Gasteiger charge is 2.38. The molecule has 2 fully saturated rings. The molecular weight excluding hydrogens is 290 g/mol. The standard InChI is InChI=1S/C14H27N3O3S/c1-2-9-21(19,20)17-8-4-6-13(17)14(18)16-11-12-5-3-7-15-10-12/h12-13,15H,2-11H2,1H3,(H,16,18). The molecule has 122 valence electrons. The van der Waals surface area contributed by atoms with Crippen LogP contribution in [0.2, 0.25) is 0 Å². The van der Waals surface area contributed by atoms with Gasteiger partial charge in [-0.05, 0) is 51.1 Å². The van der Waals surface area contributed by atoms with E-state index in [1.807, 2.05) is 6.92 Å². The Bertz CT molecular complexity index is 446. The van der Waals surface area contributed by atoms with E-state index in [0.29, 0.717) is 31.8 Å². The normalized spacial score (nSPS) is 27.7. The molecule has 6 nitrogen and oxygen atoms in total. The summed E-state index contributed by atoms with van der Waals surface area (Å²) < 4.78 is 25.8. The van der Waals surface area contributed by atoms with Crippen molar-refractivity contribution in [1.82, 2.24) is 14.9 Å². The van der Waals surface area contributed by atoms with Crippen molar-refractivity contribution in [1.29, 1.82) is 0 Å². The van der Waals surface area contributed by atoms with Crippen LogP contribution in [0, 0.1) is 5.92 Å². The highest BCUT2D eigenvalue weighted by Crippen LogP contribution is 2.22. The number of rotatable bonds is 6. The molecule has 0 radical (unpaired) electrons. The molecule has 2 saturated heterocycles. The third-order valence-corrected chi connectivity index (χ3v) is 6.37. The van der Waals surface area contributed by atoms with Crippen LogP contribution in [0.15, 0.2) is 0 Å². The Hall–Kier alpha value is -0.660. The lowest BCUT2D eigenvalue weighted by molar-refractivity contribution is -0.124. The fourth-order valence-electron chi connectivity index (χ4n) is 3.17. The first-order chi connectivity index (χ1) is 10.0. The fourth-order valence-corrected chi connectivity index (χ4v) is 4.92. The first kappa shape index (κ1) is 16.7. The van der Waals surface area contributed by atoms with E-state index in [1.54, 1.807) is 0 Å². The smallest absolute Gasteiger partial charge is 0.238 e. The zero-order valence-electron chi connectivity index (χ0n) is 12.8. The van der Waals surface area contributed by atoms with Gasteiger partial charge >= 0.3 is 0 Å². The predicted molar refractivity (Wildman–Crippen MR) is 82.4 cm³/mol. The molecule has 2 aliphatic rings. The number of piperidine rings is 1. The summed E-state index contributed by atoms with van der Waals surface area (Å²) in [5.74, 6) is 0.464. The lowest BCUT2D eigenvalue weighted by Crippen LogP contribution is -2.48. The van der Waals surface area contributed by atoms with E-state index >= 15 is 0 Å². The second-order valence-corrected chi connectivity index (χ2v) is 8.08. The van der Waals surface area contributed by atoms with E-state index in [9.17, 15) is 13.2 Å². The average molecular weight is 317 g/mol. The molecule has 0 aromatic rings. The molecule has 0 saturated carbocycles. The van der Waals surface area contributed by atoms with E-state index < -0.39 is 16.1 Å². The van der Waals surface area contributed by atoms with Crippen LogP contribution in [0.4, 0.5) is 0 Å². The summed E-state index contributed by atoms with van der Waals surface area (Å²) in [4.78, 5) is 12.3. The predicted octanol–water partition coefficient (Wildman–Crippen LogP) is 0.306. The molecule has 1 amide bonds. The molecule has 2 aliphatic heterocycles. The Morgan fingerprint density at radius 3 is 2.81 bits per heavy atom. The number of amides is 1. The van der Waals surface area contributed by atoms with Gasteiger partial charge in [-0.15, -0.1) is 0 Å². The zero-order chi connectivity index (χ0) is 15.3. The number of nitrogens with zero attached hydrogens (tertiary/aromatic N) is 1. The van der Waals surface area contributed by atoms with Gasteiger partial charge in [-0.3, -0.25) is 4.79 Å². The molecule has 0 aromatic carbocycles. The summed E-state index contributed by atoms with van der Waals surface area (Å²) in [6, 6.07) is -0.502. The largest absolute Gasteiger partial charge is 0.354 e. The van der Waals surface area contributed by atoms with Gasteiger partial charge in [0.1, 0.15) is 6.04 Å². The summed E-state index contributed by atoms with van der Waals surface area (Å²) in [6.45, 7) is 4.95. The number of carbonyl (C=O) groups is 1. The summed E-state index contributed by atoms with van der Waals surface area (Å²) in [7, 11) is -3.29. The SMILES string of the molecule is CCCS(=O)(=O)N1CCCC1C(=O)NCC1CCCNC1. The second kappa shape index (κ2) is 7.56. The number of carbonyl (C=O) groups excluding carboxylic acids is 1. The lowest BCUT2D eigenvalue weighted by Gasteiger charge is -2.26. The third-order valence-electron chi connectivity index (χ3n) is 4.29. The van der Waals surface area contributed by atoms with E-state index in [1.165, 1.54) is 4.31 Å². The van der Waals surface area contributed by atoms with E-state index in [-0.39, 0.29) is 11.7 Å². The molecule has 21 heavy (non-hydrogen) atoms. The Morgan fingerprint density at radius 1 is 1.33 bits per heavy atom. The van der Waals surface area contributed by atoms with E-state index in [2.05, 4.69) is 10.6 Å². The zero-order valence-corrected chi connectivity index (χ0v) is 13.6. The Morgan fingerprint density at radius 2 is 2.14 bits per heavy atom. The van der Waals surface area contributed by atoms with Crippen LogP contribution in [-0.4, -0.2) is 56.6 Å². The van der Waals surface area contributed by atoms with E-state index in [4.69, 9.17) is 0 Å². The van der Waals surface area contributed by atoms with Crippen LogP contribution in [0.1, 0.15) is 39.0 Å². The molecule has 7 heteroatoms. The minimum Gasteiger partial charge on any atom is -0.354 e. The molecule has 2 heterocycles. The number of hydrogen-bond acceptors (Lipinski definition) is 4. The lowest BCUT2D eigenvalue weighted by atomic mass is 9.99. The molecule has 2 N–H and O–H groups in total. The highest BCUT2D eigenvalue weighted by atomic mass is 32.2. The summed E-state index contributed by atoms with van der Waals surface area (Å²) in [6.07, 6.45) is 4.25. The van der Waals surface area contributed by atoms with Crippen molar-refractivity contribution in [2.75, 3.05) is 31.9 Å². The number of nitrogens with one attached hydrogen (secondary N) is 2. The molecule has 2 rings (SSSR count). The monoisotopic (exact) mass is 317 g/mol. The van der Waals surface area contributed by atoms with Gasteiger partial charge in [-0.1, -0.05) is 6.92 Å². The van der Waals surface area contributed by atoms with Gasteiger partial charge < -0.3 is 10.6 Å². The van der Waals surface area contributed by atoms with Gasteiger partial charge in [-0.2, -0.15) is 4.31 Å². The third kappa shape index (κ3) is 4.40. The van der Waals surface area contributed by atoms with Gasteiger partial charge in [0.25, 0.3) is 0 Å². The number of sulfonamides is 1. The van der Waals surface area contributed by atoms with Gasteiger partial charge in [-0.25, -0.2) is 8.42 Å². The second-order valence-electron chi connectivity index (χ2n) is 6.04. The summed E-state index contributed by atoms with van der Waals surface area (Å²) in [5.41, 5.74) is 0. The molecule has 0 aliphatic carbocycles. The van der Waals surface area contributed by atoms with Crippen LogP contribution >= 0.6 is 0 Å². The Balaban J connectivity index is 1.88. The summed E-state index contributed by atoms with van der Waals surface area (Å²) in [5, 5.41) is 6.27. The van der Waals surface area contributed by atoms with Gasteiger partial charge in [0, 0.05) is 13.1 Å². The highest BCUT2D eigenvalue weighted by molar-refractivity contribution is 7.89. The van der Waals surface area contributed by atoms with Crippen molar-refractivity contribution in [3.8, 4) is 0 Å². The van der Waals surface area contributed by atoms with E-state index in [0.717, 1.165) is 32.4 Å². The Kier molecular flexibility index (Phi) is 6.01. The first-order valence-electron chi connectivity index (χ1n) is 8.02. The molecular formula is C14H27N3O3S. The topological polar surface area (TPSA) is 78.5 Å². The van der Waals surface area contributed by atoms with Crippen LogP contribution in [0.5, 0.6) is 0 Å². The van der Waals surface area contributed by atoms with Crippen LogP contribution in [0.3, 0.4) is 0 Å². The van der Waals surface area contributed by atoms with Crippen molar-refractivity contribution in [2.24, 2.45) is 5.92 Å². The van der Waals surface area contributed by atoms with Crippen molar-refractivity contribution >= 4 is 15.9 Å². The van der Waals surface area contributed by atoms with Gasteiger partial charge in [0.05, 0.1) is 5.75 Å². The first-order valence-corrected chi connectivity index (χ1v) is 9.63. The van der Waals surface area contributed by atoms with Crippen molar-refractivity contribution < 1.29 is 13.2 Å². The summed E-state index contributed by atoms with van der Waals surface area (Å²) >= 11 is 0. The van der Waals surface area contributed by atoms with Crippen molar-refractivity contribution in [3.63, 3.8) is 0 Å². The molecule has 0 spiro atoms. The Labute approximate surface area is 127 Å². The van der Waals surface area contributed by atoms with Gasteiger partial charge in [0.15, 0.2) is 0 Å². The average Bonchev–Trinajstić information content (AvgIpc) is 2.96. The molecule has 2 atom stereocenters. The number of hydrogen-bond donors (Lipinski definition) is 2. The maximum atomic E-state index is 12.3. The van der Waals surface area contributed by atoms with Crippen LogP contribution in [0.25, 0.3) is 0 Å². The van der Waals surface area contributed by atoms with Crippen LogP contribution < -0.4 is 10.6 Å². The van der Waals surface area contributed by atoms with Crippen LogP contribution in [-0.2, 0) is 14.8 Å².